The minimum absolute atomic E-state index is 0.0382. The second-order valence-electron chi connectivity index (χ2n) is 5.85. The SMILES string of the molecule is COc1ccc(CCNC(=O)[C@H](C)Sc2n[nH]c(-c3ccncc3)n2)cc1. The van der Waals surface area contributed by atoms with E-state index in [-0.39, 0.29) is 11.2 Å². The first-order valence-electron chi connectivity index (χ1n) is 8.56. The van der Waals surface area contributed by atoms with Crippen LogP contribution in [-0.4, -0.2) is 45.0 Å². The van der Waals surface area contributed by atoms with Crippen molar-refractivity contribution in [3.8, 4) is 17.1 Å². The van der Waals surface area contributed by atoms with Crippen molar-refractivity contribution in [2.24, 2.45) is 0 Å². The molecule has 0 spiro atoms. The van der Waals surface area contributed by atoms with Crippen LogP contribution in [0.2, 0.25) is 0 Å². The highest BCUT2D eigenvalue weighted by molar-refractivity contribution is 8.00. The second-order valence-corrected chi connectivity index (χ2v) is 7.16. The van der Waals surface area contributed by atoms with Gasteiger partial charge in [0.25, 0.3) is 0 Å². The number of aromatic nitrogens is 4. The van der Waals surface area contributed by atoms with Crippen LogP contribution in [0, 0.1) is 0 Å². The molecule has 2 N–H and O–H groups in total. The van der Waals surface area contributed by atoms with E-state index < -0.39 is 0 Å². The first kappa shape index (κ1) is 18.9. The molecule has 2 aromatic heterocycles. The Bertz CT molecular complexity index is 867. The number of methoxy groups -OCH3 is 1. The fourth-order valence-corrected chi connectivity index (χ4v) is 3.16. The molecule has 1 amide bonds. The average molecular weight is 383 g/mol. The highest BCUT2D eigenvalue weighted by atomic mass is 32.2. The normalized spacial score (nSPS) is 11.8. The van der Waals surface area contributed by atoms with Crippen molar-refractivity contribution in [1.82, 2.24) is 25.5 Å². The van der Waals surface area contributed by atoms with E-state index >= 15 is 0 Å². The Kier molecular flexibility index (Phi) is 6.43. The van der Waals surface area contributed by atoms with Crippen molar-refractivity contribution in [1.29, 1.82) is 0 Å². The molecule has 1 atom stereocenters. The maximum atomic E-state index is 12.3. The summed E-state index contributed by atoms with van der Waals surface area (Å²) in [6.45, 7) is 2.42. The number of H-pyrrole nitrogens is 1. The van der Waals surface area contributed by atoms with E-state index in [0.29, 0.717) is 17.5 Å². The molecule has 3 aromatic rings. The lowest BCUT2D eigenvalue weighted by molar-refractivity contribution is -0.120. The molecule has 0 radical (unpaired) electrons. The first-order valence-corrected chi connectivity index (χ1v) is 9.44. The minimum Gasteiger partial charge on any atom is -0.497 e. The summed E-state index contributed by atoms with van der Waals surface area (Å²) in [7, 11) is 1.64. The van der Waals surface area contributed by atoms with Crippen LogP contribution in [0.5, 0.6) is 5.75 Å². The van der Waals surface area contributed by atoms with E-state index in [4.69, 9.17) is 4.74 Å². The zero-order valence-electron chi connectivity index (χ0n) is 15.2. The molecule has 2 heterocycles. The van der Waals surface area contributed by atoms with Crippen LogP contribution in [0.4, 0.5) is 0 Å². The molecule has 1 aromatic carbocycles. The lowest BCUT2D eigenvalue weighted by atomic mass is 10.1. The van der Waals surface area contributed by atoms with Gasteiger partial charge in [0, 0.05) is 24.5 Å². The first-order chi connectivity index (χ1) is 13.2. The van der Waals surface area contributed by atoms with Gasteiger partial charge < -0.3 is 10.1 Å². The Balaban J connectivity index is 1.47. The summed E-state index contributed by atoms with van der Waals surface area (Å²) < 4.78 is 5.14. The summed E-state index contributed by atoms with van der Waals surface area (Å²) in [5.41, 5.74) is 2.05. The summed E-state index contributed by atoms with van der Waals surface area (Å²) in [4.78, 5) is 20.7. The van der Waals surface area contributed by atoms with Gasteiger partial charge in [0.15, 0.2) is 5.82 Å². The zero-order chi connectivity index (χ0) is 19.1. The number of ether oxygens (including phenoxy) is 1. The van der Waals surface area contributed by atoms with Gasteiger partial charge in [-0.3, -0.25) is 14.9 Å². The van der Waals surface area contributed by atoms with Crippen molar-refractivity contribution in [2.45, 2.75) is 23.8 Å². The van der Waals surface area contributed by atoms with Gasteiger partial charge in [-0.15, -0.1) is 5.10 Å². The number of pyridine rings is 1. The second kappa shape index (κ2) is 9.18. The van der Waals surface area contributed by atoms with Crippen LogP contribution in [-0.2, 0) is 11.2 Å². The summed E-state index contributed by atoms with van der Waals surface area (Å²) in [6, 6.07) is 11.5. The molecule has 140 valence electrons. The molecule has 0 unspecified atom stereocenters. The monoisotopic (exact) mass is 383 g/mol. The maximum Gasteiger partial charge on any atom is 0.233 e. The molecule has 0 aliphatic rings. The number of nitrogens with one attached hydrogen (secondary N) is 2. The molecule has 0 fully saturated rings. The van der Waals surface area contributed by atoms with Gasteiger partial charge in [0.1, 0.15) is 5.75 Å². The Morgan fingerprint density at radius 1 is 1.22 bits per heavy atom. The summed E-state index contributed by atoms with van der Waals surface area (Å²) in [5.74, 6) is 1.45. The van der Waals surface area contributed by atoms with E-state index in [1.165, 1.54) is 11.8 Å². The smallest absolute Gasteiger partial charge is 0.233 e. The fraction of sp³-hybridized carbons (Fsp3) is 0.263. The Morgan fingerprint density at radius 3 is 2.67 bits per heavy atom. The topological polar surface area (TPSA) is 92.8 Å². The summed E-state index contributed by atoms with van der Waals surface area (Å²) in [6.07, 6.45) is 4.16. The van der Waals surface area contributed by atoms with Gasteiger partial charge in [0.05, 0.1) is 12.4 Å². The molecule has 0 saturated carbocycles. The maximum absolute atomic E-state index is 12.3. The number of amides is 1. The lowest BCUT2D eigenvalue weighted by Gasteiger charge is -2.10. The number of rotatable bonds is 8. The average Bonchev–Trinajstić information content (AvgIpc) is 3.17. The standard InChI is InChI=1S/C19H21N5O2S/c1-13(18(25)21-12-7-14-3-5-16(26-2)6-4-14)27-19-22-17(23-24-19)15-8-10-20-11-9-15/h3-6,8-11,13H,7,12H2,1-2H3,(H,21,25)(H,22,23,24)/t13-/m0/s1. The van der Waals surface area contributed by atoms with E-state index in [0.717, 1.165) is 23.3 Å². The molecule has 8 heteroatoms. The number of benzene rings is 1. The van der Waals surface area contributed by atoms with Crippen LogP contribution in [0.15, 0.2) is 53.9 Å². The Hall–Kier alpha value is -2.87. The van der Waals surface area contributed by atoms with Crippen molar-refractivity contribution >= 4 is 17.7 Å². The Morgan fingerprint density at radius 2 is 1.96 bits per heavy atom. The molecule has 3 rings (SSSR count). The van der Waals surface area contributed by atoms with Crippen LogP contribution in [0.3, 0.4) is 0 Å². The zero-order valence-corrected chi connectivity index (χ0v) is 16.0. The molecule has 0 saturated heterocycles. The van der Waals surface area contributed by atoms with Crippen molar-refractivity contribution in [3.63, 3.8) is 0 Å². The van der Waals surface area contributed by atoms with Gasteiger partial charge >= 0.3 is 0 Å². The number of nitrogens with zero attached hydrogens (tertiary/aromatic N) is 3. The molecule has 0 aliphatic carbocycles. The largest absolute Gasteiger partial charge is 0.497 e. The number of aromatic amines is 1. The van der Waals surface area contributed by atoms with E-state index in [1.807, 2.05) is 43.3 Å². The third kappa shape index (κ3) is 5.30. The minimum atomic E-state index is -0.290. The predicted molar refractivity (Wildman–Crippen MR) is 105 cm³/mol. The fourth-order valence-electron chi connectivity index (χ4n) is 2.42. The lowest BCUT2D eigenvalue weighted by Crippen LogP contribution is -2.32. The number of carbonyl (C=O) groups is 1. The third-order valence-electron chi connectivity index (χ3n) is 3.94. The molecule has 0 aliphatic heterocycles. The quantitative estimate of drug-likeness (QED) is 0.581. The highest BCUT2D eigenvalue weighted by Gasteiger charge is 2.17. The van der Waals surface area contributed by atoms with Gasteiger partial charge in [0.2, 0.25) is 11.1 Å². The van der Waals surface area contributed by atoms with Crippen LogP contribution in [0.1, 0.15) is 12.5 Å². The number of carbonyl (C=O) groups excluding carboxylic acids is 1. The van der Waals surface area contributed by atoms with Gasteiger partial charge in [-0.2, -0.15) is 0 Å². The van der Waals surface area contributed by atoms with Gasteiger partial charge in [-0.1, -0.05) is 23.9 Å². The number of hydrogen-bond donors (Lipinski definition) is 2. The third-order valence-corrected chi connectivity index (χ3v) is 4.90. The summed E-state index contributed by atoms with van der Waals surface area (Å²) >= 11 is 1.32. The van der Waals surface area contributed by atoms with Crippen LogP contribution in [0.25, 0.3) is 11.4 Å². The molecule has 0 bridgehead atoms. The molecule has 7 nitrogen and oxygen atoms in total. The van der Waals surface area contributed by atoms with E-state index in [1.54, 1.807) is 19.5 Å². The summed E-state index contributed by atoms with van der Waals surface area (Å²) in [5, 5.41) is 10.3. The number of thioether (sulfide) groups is 1. The molecular weight excluding hydrogens is 362 g/mol. The predicted octanol–water partition coefficient (Wildman–Crippen LogP) is 2.71. The molecule has 27 heavy (non-hydrogen) atoms. The molecular formula is C19H21N5O2S. The van der Waals surface area contributed by atoms with Crippen molar-refractivity contribution in [3.05, 3.63) is 54.4 Å². The van der Waals surface area contributed by atoms with Crippen molar-refractivity contribution < 1.29 is 9.53 Å². The number of hydrogen-bond acceptors (Lipinski definition) is 6. The van der Waals surface area contributed by atoms with Crippen molar-refractivity contribution in [2.75, 3.05) is 13.7 Å². The highest BCUT2D eigenvalue weighted by Crippen LogP contribution is 2.22. The van der Waals surface area contributed by atoms with Gasteiger partial charge in [-0.25, -0.2) is 4.98 Å². The Labute approximate surface area is 162 Å². The van der Waals surface area contributed by atoms with Crippen LogP contribution < -0.4 is 10.1 Å². The van der Waals surface area contributed by atoms with E-state index in [9.17, 15) is 4.79 Å². The van der Waals surface area contributed by atoms with Crippen LogP contribution >= 0.6 is 11.8 Å². The van der Waals surface area contributed by atoms with Gasteiger partial charge in [-0.05, 0) is 43.2 Å². The van der Waals surface area contributed by atoms with E-state index in [2.05, 4.69) is 25.5 Å².